The summed E-state index contributed by atoms with van der Waals surface area (Å²) < 4.78 is 0. The number of carbonyl (C=O) groups excluding carboxylic acids is 3. The Hall–Kier alpha value is -4.06. The normalized spacial score (nSPS) is 12.0. The van der Waals surface area contributed by atoms with Gasteiger partial charge in [-0.15, -0.1) is 0 Å². The van der Waals surface area contributed by atoms with Gasteiger partial charge in [0.15, 0.2) is 0 Å². The third-order valence-electron chi connectivity index (χ3n) is 5.42. The molecule has 0 saturated carbocycles. The number of rotatable bonds is 11. The van der Waals surface area contributed by atoms with Gasteiger partial charge in [0.2, 0.25) is 0 Å². The number of carboxylic acid groups (broad SMARTS) is 1. The Morgan fingerprint density at radius 2 is 1.05 bits per heavy atom. The Morgan fingerprint density at radius 3 is 1.34 bits per heavy atom. The van der Waals surface area contributed by atoms with E-state index in [9.17, 15) is 19.2 Å². The second-order valence-corrected chi connectivity index (χ2v) is 11.2. The monoisotopic (exact) mass is 574 g/mol. The molecule has 2 aromatic carbocycles. The second-order valence-electron chi connectivity index (χ2n) is 11.2. The number of carbonyl (C=O) groups is 4. The van der Waals surface area contributed by atoms with Crippen molar-refractivity contribution in [1.82, 2.24) is 0 Å². The van der Waals surface area contributed by atoms with Crippen LogP contribution in [0, 0.1) is 5.41 Å². The second kappa shape index (κ2) is 15.7. The minimum Gasteiger partial charge on any atom is -0.478 e. The van der Waals surface area contributed by atoms with E-state index in [1.807, 2.05) is 12.1 Å². The molecule has 224 valence electrons. The topological polar surface area (TPSA) is 155 Å². The van der Waals surface area contributed by atoms with E-state index < -0.39 is 40.5 Å². The summed E-state index contributed by atoms with van der Waals surface area (Å²) in [6.07, 6.45) is 1.76. The summed E-state index contributed by atoms with van der Waals surface area (Å²) in [5.74, 6) is -3.41. The fraction of sp³-hybridized carbons (Fsp3) is 0.400. The maximum absolute atomic E-state index is 12.0. The van der Waals surface area contributed by atoms with E-state index in [0.717, 1.165) is 6.08 Å². The molecule has 0 bridgehead atoms. The lowest BCUT2D eigenvalue weighted by Crippen LogP contribution is -2.32. The number of hydrogen-bond donors (Lipinski definition) is 2. The Balaban J connectivity index is 0.000000545. The maximum atomic E-state index is 12.0. The predicted octanol–water partition coefficient (Wildman–Crippen LogP) is 5.96. The fourth-order valence-electron chi connectivity index (χ4n) is 2.97. The minimum atomic E-state index is -1.21. The van der Waals surface area contributed by atoms with Crippen molar-refractivity contribution in [2.24, 2.45) is 5.41 Å². The van der Waals surface area contributed by atoms with Crippen LogP contribution in [-0.4, -0.2) is 45.4 Å². The summed E-state index contributed by atoms with van der Waals surface area (Å²) >= 11 is 0. The van der Waals surface area contributed by atoms with Gasteiger partial charge in [-0.3, -0.25) is 14.7 Å². The summed E-state index contributed by atoms with van der Waals surface area (Å²) in [6.45, 7) is 12.1. The third kappa shape index (κ3) is 13.7. The zero-order chi connectivity index (χ0) is 31.3. The van der Waals surface area contributed by atoms with Crippen LogP contribution >= 0.6 is 0 Å². The molecule has 2 aromatic rings. The number of benzene rings is 2. The van der Waals surface area contributed by atoms with Gasteiger partial charge < -0.3 is 5.11 Å². The van der Waals surface area contributed by atoms with E-state index in [1.165, 1.54) is 0 Å². The van der Waals surface area contributed by atoms with Gasteiger partial charge in [-0.25, -0.2) is 19.2 Å². The molecule has 11 nitrogen and oxygen atoms in total. The van der Waals surface area contributed by atoms with Gasteiger partial charge in [0.05, 0.1) is 11.1 Å². The van der Waals surface area contributed by atoms with Crippen LogP contribution in [-0.2, 0) is 34.0 Å². The highest BCUT2D eigenvalue weighted by molar-refractivity contribution is 5.96. The summed E-state index contributed by atoms with van der Waals surface area (Å²) in [5.41, 5.74) is -1.46. The van der Waals surface area contributed by atoms with Gasteiger partial charge in [-0.05, 0) is 70.2 Å². The highest BCUT2D eigenvalue weighted by Crippen LogP contribution is 2.26. The van der Waals surface area contributed by atoms with Gasteiger partial charge in [0.25, 0.3) is 0 Å². The fourth-order valence-corrected chi connectivity index (χ4v) is 2.97. The maximum Gasteiger partial charge on any atom is 0.373 e. The zero-order valence-corrected chi connectivity index (χ0v) is 24.3. The van der Waals surface area contributed by atoms with Crippen molar-refractivity contribution in [2.45, 2.75) is 72.5 Å². The SMILES string of the molecule is CC(C)(C)/C(=C/C(=O)OO)C(=O)O.CC(C)(CCC(C)(C)OOC(=O)c1ccccc1)OOC(=O)c1ccccc1. The largest absolute Gasteiger partial charge is 0.478 e. The Bertz CT molecular complexity index is 1110. The molecule has 0 atom stereocenters. The molecule has 0 unspecified atom stereocenters. The number of carboxylic acids is 1. The predicted molar refractivity (Wildman–Crippen MR) is 147 cm³/mol. The van der Waals surface area contributed by atoms with Crippen molar-refractivity contribution < 1.29 is 54.0 Å². The highest BCUT2D eigenvalue weighted by Gasteiger charge is 2.30. The molecule has 11 heteroatoms. The molecule has 0 aliphatic carbocycles. The standard InChI is InChI=1S/C22H26O6.C8H12O5/c1-21(2,27-25-19(23)17-11-7-5-8-12-17)15-16-22(3,4)28-26-20(24)18-13-9-6-10-14-18;1-8(2,3)5(7(10)11)4-6(9)13-12/h5-14H,15-16H2,1-4H3;4,12H,1-3H3,(H,10,11)/b;5-4+. The van der Waals surface area contributed by atoms with Crippen molar-refractivity contribution in [3.05, 3.63) is 83.4 Å². The highest BCUT2D eigenvalue weighted by atomic mass is 17.2. The van der Waals surface area contributed by atoms with Gasteiger partial charge in [0.1, 0.15) is 11.2 Å². The van der Waals surface area contributed by atoms with Crippen LogP contribution in [0.5, 0.6) is 0 Å². The average molecular weight is 575 g/mol. The molecule has 2 rings (SSSR count). The molecule has 0 spiro atoms. The molecular weight excluding hydrogens is 536 g/mol. The molecule has 0 aliphatic rings. The van der Waals surface area contributed by atoms with Crippen LogP contribution in [0.4, 0.5) is 0 Å². The Kier molecular flexibility index (Phi) is 13.4. The van der Waals surface area contributed by atoms with Gasteiger partial charge in [0, 0.05) is 11.6 Å². The van der Waals surface area contributed by atoms with Crippen molar-refractivity contribution in [1.29, 1.82) is 0 Å². The van der Waals surface area contributed by atoms with Crippen LogP contribution in [0.15, 0.2) is 72.3 Å². The van der Waals surface area contributed by atoms with E-state index in [2.05, 4.69) is 4.89 Å². The van der Waals surface area contributed by atoms with Crippen molar-refractivity contribution in [3.8, 4) is 0 Å². The molecule has 0 aliphatic heterocycles. The molecule has 0 saturated heterocycles. The third-order valence-corrected chi connectivity index (χ3v) is 5.42. The molecule has 0 fully saturated rings. The number of hydrogen-bond acceptors (Lipinski definition) is 10. The summed E-state index contributed by atoms with van der Waals surface area (Å²) in [5, 5.41) is 16.6. The van der Waals surface area contributed by atoms with E-state index in [0.29, 0.717) is 24.0 Å². The lowest BCUT2D eigenvalue weighted by atomic mass is 9.86. The Morgan fingerprint density at radius 1 is 0.683 bits per heavy atom. The summed E-state index contributed by atoms with van der Waals surface area (Å²) in [6, 6.07) is 17.2. The van der Waals surface area contributed by atoms with Gasteiger partial charge in [-0.1, -0.05) is 57.2 Å². The first-order chi connectivity index (χ1) is 19.0. The lowest BCUT2D eigenvalue weighted by Gasteiger charge is -2.28. The minimum absolute atomic E-state index is 0.119. The first-order valence-corrected chi connectivity index (χ1v) is 12.7. The van der Waals surface area contributed by atoms with E-state index in [4.69, 9.17) is 29.9 Å². The molecule has 0 aromatic heterocycles. The van der Waals surface area contributed by atoms with E-state index in [-0.39, 0.29) is 5.57 Å². The van der Waals surface area contributed by atoms with Crippen LogP contribution in [0.25, 0.3) is 0 Å². The molecule has 41 heavy (non-hydrogen) atoms. The van der Waals surface area contributed by atoms with Crippen LogP contribution in [0.1, 0.15) is 82.0 Å². The van der Waals surface area contributed by atoms with Crippen molar-refractivity contribution >= 4 is 23.9 Å². The van der Waals surface area contributed by atoms with Gasteiger partial charge in [-0.2, -0.15) is 15.0 Å². The Labute approximate surface area is 239 Å². The molecule has 2 N–H and O–H groups in total. The van der Waals surface area contributed by atoms with Gasteiger partial charge >= 0.3 is 23.9 Å². The first kappa shape index (κ1) is 35.0. The smallest absolute Gasteiger partial charge is 0.373 e. The molecule has 0 radical (unpaired) electrons. The van der Waals surface area contributed by atoms with Crippen LogP contribution < -0.4 is 0 Å². The quantitative estimate of drug-likeness (QED) is 0.185. The summed E-state index contributed by atoms with van der Waals surface area (Å²) in [7, 11) is 0. The lowest BCUT2D eigenvalue weighted by molar-refractivity contribution is -0.325. The van der Waals surface area contributed by atoms with Crippen molar-refractivity contribution in [3.63, 3.8) is 0 Å². The average Bonchev–Trinajstić information content (AvgIpc) is 2.93. The van der Waals surface area contributed by atoms with E-state index in [1.54, 1.807) is 97.0 Å². The first-order valence-electron chi connectivity index (χ1n) is 12.7. The number of aliphatic carboxylic acids is 1. The van der Waals surface area contributed by atoms with E-state index >= 15 is 0 Å². The molecule has 0 amide bonds. The van der Waals surface area contributed by atoms with Crippen LogP contribution in [0.3, 0.4) is 0 Å². The van der Waals surface area contributed by atoms with Crippen LogP contribution in [0.2, 0.25) is 0 Å². The molecule has 0 heterocycles. The zero-order valence-electron chi connectivity index (χ0n) is 24.3. The summed E-state index contributed by atoms with van der Waals surface area (Å²) in [4.78, 5) is 69.0. The molecular formula is C30H38O11. The van der Waals surface area contributed by atoms with Crippen molar-refractivity contribution in [2.75, 3.05) is 0 Å².